The van der Waals surface area contributed by atoms with E-state index in [2.05, 4.69) is 43.1 Å². The molecule has 0 spiro atoms. The van der Waals surface area contributed by atoms with E-state index in [0.717, 1.165) is 49.0 Å². The highest BCUT2D eigenvalue weighted by atomic mass is 19.1. The molecule has 106 heavy (non-hydrogen) atoms. The molecule has 10 heterocycles. The average Bonchev–Trinajstić information content (AvgIpc) is 1.58. The lowest BCUT2D eigenvalue weighted by molar-refractivity contribution is -0.147. The van der Waals surface area contributed by atoms with Gasteiger partial charge in [0, 0.05) is 164 Å². The lowest BCUT2D eigenvalue weighted by Crippen LogP contribution is -2.50. The summed E-state index contributed by atoms with van der Waals surface area (Å²) >= 11 is 0. The molecule has 7 aliphatic heterocycles. The second-order valence-electron chi connectivity index (χ2n) is 29.8. The number of fused-ring (bicyclic) bond motifs is 2. The number of aromatic nitrogens is 6. The number of anilines is 3. The first kappa shape index (κ1) is 74.0. The second kappa shape index (κ2) is 32.6. The Morgan fingerprint density at radius 1 is 0.623 bits per heavy atom. The molecule has 7 fully saturated rings. The minimum Gasteiger partial charge on any atom is -0.462 e. The largest absolute Gasteiger partial charge is 0.462 e. The first-order valence-corrected chi connectivity index (χ1v) is 37.7. The van der Waals surface area contributed by atoms with Gasteiger partial charge < -0.3 is 65.6 Å². The Kier molecular flexibility index (Phi) is 22.8. The Bertz CT molecular complexity index is 4290. The van der Waals surface area contributed by atoms with Crippen LogP contribution < -0.4 is 26.6 Å². The van der Waals surface area contributed by atoms with Crippen molar-refractivity contribution >= 4 is 98.4 Å². The van der Waals surface area contributed by atoms with Crippen molar-refractivity contribution in [3.63, 3.8) is 0 Å². The number of esters is 1. The van der Waals surface area contributed by atoms with E-state index in [-0.39, 0.29) is 115 Å². The third-order valence-corrected chi connectivity index (χ3v) is 22.6. The van der Waals surface area contributed by atoms with Gasteiger partial charge in [0.25, 0.3) is 5.91 Å². The van der Waals surface area contributed by atoms with Crippen LogP contribution in [0.15, 0.2) is 67.0 Å². The number of urea groups is 1. The van der Waals surface area contributed by atoms with Crippen LogP contribution in [0, 0.1) is 23.6 Å². The van der Waals surface area contributed by atoms with Crippen molar-refractivity contribution < 1.29 is 57.1 Å². The molecule has 13 rings (SSSR count). The van der Waals surface area contributed by atoms with Crippen molar-refractivity contribution in [3.8, 4) is 11.1 Å². The molecular formula is C76H97FN18O11. The zero-order valence-corrected chi connectivity index (χ0v) is 61.0. The first-order valence-electron chi connectivity index (χ1n) is 37.7. The van der Waals surface area contributed by atoms with Crippen LogP contribution >= 0.6 is 0 Å². The monoisotopic (exact) mass is 1460 g/mol. The highest BCUT2D eigenvalue weighted by Crippen LogP contribution is 2.41. The number of likely N-dealkylation sites (N-methyl/N-ethyl adjacent to an activating group) is 1. The number of nitrogens with zero attached hydrogens (tertiary/aromatic N) is 14. The van der Waals surface area contributed by atoms with Crippen LogP contribution in [-0.2, 0) is 56.7 Å². The maximum absolute atomic E-state index is 16.1. The summed E-state index contributed by atoms with van der Waals surface area (Å²) in [5, 5.41) is 18.9. The Hall–Kier alpha value is -10.3. The van der Waals surface area contributed by atoms with Gasteiger partial charge in [0.1, 0.15) is 24.7 Å². The van der Waals surface area contributed by atoms with Crippen molar-refractivity contribution in [2.45, 2.75) is 134 Å². The molecule has 0 unspecified atom stereocenters. The predicted molar refractivity (Wildman–Crippen MR) is 391 cm³/mol. The number of hydrogen-bond donors (Lipinski definition) is 4. The normalized spacial score (nSPS) is 19.2. The van der Waals surface area contributed by atoms with Crippen LogP contribution in [0.2, 0.25) is 0 Å². The van der Waals surface area contributed by atoms with E-state index in [9.17, 15) is 47.9 Å². The molecule has 564 valence electrons. The maximum atomic E-state index is 16.1. The highest BCUT2D eigenvalue weighted by molar-refractivity contribution is 6.00. The molecule has 0 radical (unpaired) electrons. The third-order valence-electron chi connectivity index (χ3n) is 22.6. The van der Waals surface area contributed by atoms with E-state index in [1.54, 1.807) is 69.5 Å². The molecular weight excluding hydrogens is 1360 g/mol. The van der Waals surface area contributed by atoms with Crippen LogP contribution in [0.25, 0.3) is 32.9 Å². The van der Waals surface area contributed by atoms with Gasteiger partial charge >= 0.3 is 12.0 Å². The number of carbonyl (C=O) groups excluding carboxylic acids is 10. The van der Waals surface area contributed by atoms with Crippen molar-refractivity contribution in [3.05, 3.63) is 89.8 Å². The molecule has 29 nitrogen and oxygen atoms in total. The topological polar surface area (TPSA) is 329 Å². The minimum absolute atomic E-state index is 0.0290. The van der Waals surface area contributed by atoms with E-state index in [4.69, 9.17) is 20.6 Å². The smallest absolute Gasteiger partial charge is 0.325 e. The van der Waals surface area contributed by atoms with Crippen molar-refractivity contribution in [1.29, 1.82) is 0 Å². The number of ether oxygens (including phenoxy) is 1. The Balaban J connectivity index is 0.519. The number of carbonyl (C=O) groups is 10. The van der Waals surface area contributed by atoms with E-state index in [0.29, 0.717) is 175 Å². The summed E-state index contributed by atoms with van der Waals surface area (Å²) < 4.78 is 24.4. The molecule has 1 atom stereocenters. The molecule has 0 saturated carbocycles. The molecule has 6 aromatic rings. The molecule has 5 N–H and O–H groups in total. The highest BCUT2D eigenvalue weighted by Gasteiger charge is 2.40. The van der Waals surface area contributed by atoms with Crippen LogP contribution in [-0.4, -0.2) is 247 Å². The van der Waals surface area contributed by atoms with Gasteiger partial charge in [0.15, 0.2) is 11.5 Å². The number of amides is 10. The lowest BCUT2D eigenvalue weighted by Gasteiger charge is -2.40. The summed E-state index contributed by atoms with van der Waals surface area (Å²) in [5.41, 5.74) is 10.5. The predicted octanol–water partition coefficient (Wildman–Crippen LogP) is 5.49. The second-order valence-corrected chi connectivity index (χ2v) is 29.8. The average molecular weight is 1460 g/mol. The fraction of sp³-hybridized carbons (Fsp3) is 0.553. The molecule has 0 aliphatic carbocycles. The number of hydrogen-bond acceptors (Lipinski definition) is 17. The van der Waals surface area contributed by atoms with Gasteiger partial charge in [-0.15, -0.1) is 0 Å². The number of nitrogens with one attached hydrogen (secondary N) is 3. The molecule has 10 amide bonds. The summed E-state index contributed by atoms with van der Waals surface area (Å²) in [6.45, 7) is 10.0. The van der Waals surface area contributed by atoms with Gasteiger partial charge in [0.05, 0.1) is 47.8 Å². The molecule has 3 aromatic carbocycles. The standard InChI is InChI=1S/C76H97FN18O11/c1-47(2)106-67(100)44-80-63(96)43-79-64(97)46-95-60-9-5-8-57(58-40-61-54(39-59(58)77)41-82-87(61)4)68(60)69(85-95)50-18-27-88(28-19-50)65(98)14-15-66(99)89-29-20-51(21-30-89)73(102)91-33-24-53(25-34-91)75(104)92-35-22-52(23-36-92)74(103)90-31-16-49(17-32-90)48-10-12-55(13-11-48)83-72-70(71(78)101)81-42-62(84-72)93-26-6-7-56(45-93)94-38-37-86(3)76(94)105/h5,8-13,39-42,47,49-53,56H,6-7,14-38,43-46H2,1-4H3,(H2,78,101)(H,79,97)(H,80,96)(H,83,84)/t56-/m1/s1. The third kappa shape index (κ3) is 16.7. The maximum Gasteiger partial charge on any atom is 0.325 e. The van der Waals surface area contributed by atoms with Gasteiger partial charge in [-0.2, -0.15) is 10.2 Å². The van der Waals surface area contributed by atoms with E-state index in [1.165, 1.54) is 6.07 Å². The van der Waals surface area contributed by atoms with Crippen molar-refractivity contribution in [2.24, 2.45) is 30.5 Å². The summed E-state index contributed by atoms with van der Waals surface area (Å²) in [6.07, 6.45) is 10.8. The van der Waals surface area contributed by atoms with E-state index < -0.39 is 36.1 Å². The Labute approximate surface area is 615 Å². The summed E-state index contributed by atoms with van der Waals surface area (Å²) in [6, 6.07) is 16.7. The van der Waals surface area contributed by atoms with Gasteiger partial charge in [-0.05, 0) is 138 Å². The van der Waals surface area contributed by atoms with Gasteiger partial charge in [0.2, 0.25) is 41.4 Å². The van der Waals surface area contributed by atoms with Crippen LogP contribution in [0.4, 0.5) is 26.5 Å². The van der Waals surface area contributed by atoms with Crippen molar-refractivity contribution in [2.75, 3.05) is 122 Å². The summed E-state index contributed by atoms with van der Waals surface area (Å²) in [4.78, 5) is 157. The zero-order valence-electron chi connectivity index (χ0n) is 61.0. The lowest BCUT2D eigenvalue weighted by atomic mass is 9.87. The van der Waals surface area contributed by atoms with Crippen LogP contribution in [0.3, 0.4) is 0 Å². The molecule has 30 heteroatoms. The number of nitrogens with two attached hydrogens (primary N) is 1. The number of aryl methyl sites for hydroxylation is 1. The Morgan fingerprint density at radius 2 is 1.20 bits per heavy atom. The van der Waals surface area contributed by atoms with Gasteiger partial charge in [-0.1, -0.05) is 24.3 Å². The summed E-state index contributed by atoms with van der Waals surface area (Å²) in [5.74, 6) is -2.47. The molecule has 7 aliphatic rings. The fourth-order valence-electron chi connectivity index (χ4n) is 16.6. The molecule has 3 aromatic heterocycles. The zero-order chi connectivity index (χ0) is 74.4. The minimum atomic E-state index is -0.694. The number of primary amides is 1. The number of halogens is 1. The van der Waals surface area contributed by atoms with Gasteiger partial charge in [-0.3, -0.25) is 52.5 Å². The number of rotatable bonds is 21. The Morgan fingerprint density at radius 3 is 1.78 bits per heavy atom. The first-order chi connectivity index (χ1) is 51.1. The van der Waals surface area contributed by atoms with Crippen LogP contribution in [0.1, 0.15) is 137 Å². The fourth-order valence-corrected chi connectivity index (χ4v) is 16.6. The summed E-state index contributed by atoms with van der Waals surface area (Å²) in [7, 11) is 3.60. The van der Waals surface area contributed by atoms with Gasteiger partial charge in [-0.25, -0.2) is 19.2 Å². The van der Waals surface area contributed by atoms with E-state index in [1.807, 2.05) is 50.9 Å². The molecule has 7 saturated heterocycles. The SMILES string of the molecule is CC(C)OC(=O)CNC(=O)CNC(=O)Cn1nc(C2CCN(C(=O)CCC(=O)N3CCC(C(=O)N4CCC(C(=O)N5CCC(C(=O)N6CCC(c7ccc(Nc8nc(N9CCC[C@@H](N%10CCN(C)C%10=O)C9)cnc8C(N)=O)cc7)CC6)CC5)CC4)CC3)CC2)c2c(-c3cc4c(cnn4C)cc3F)cccc21. The molecule has 0 bridgehead atoms. The number of likely N-dealkylation sites (tertiary alicyclic amines) is 5. The van der Waals surface area contributed by atoms with Crippen molar-refractivity contribution in [1.82, 2.24) is 74.5 Å². The van der Waals surface area contributed by atoms with Crippen LogP contribution in [0.5, 0.6) is 0 Å². The van der Waals surface area contributed by atoms with E-state index >= 15 is 4.39 Å². The number of piperidine rings is 6. The number of benzene rings is 3. The quantitative estimate of drug-likeness (QED) is 0.0647.